The van der Waals surface area contributed by atoms with Crippen LogP contribution in [0.3, 0.4) is 0 Å². The summed E-state index contributed by atoms with van der Waals surface area (Å²) in [5, 5.41) is 23.7. The fourth-order valence-corrected chi connectivity index (χ4v) is 2.32. The average molecular weight is 294 g/mol. The van der Waals surface area contributed by atoms with Gasteiger partial charge in [-0.25, -0.2) is 4.98 Å². The molecule has 0 aliphatic carbocycles. The smallest absolute Gasteiger partial charge is 0.261 e. The van der Waals surface area contributed by atoms with Crippen LogP contribution < -0.4 is 10.1 Å². The van der Waals surface area contributed by atoms with Crippen LogP contribution in [-0.4, -0.2) is 28.2 Å². The van der Waals surface area contributed by atoms with Crippen molar-refractivity contribution in [1.82, 2.24) is 4.98 Å². The number of aromatic nitrogens is 1. The molecule has 1 heterocycles. The van der Waals surface area contributed by atoms with E-state index in [4.69, 9.17) is 4.74 Å². The van der Waals surface area contributed by atoms with E-state index in [1.54, 1.807) is 18.4 Å². The fourth-order valence-electron chi connectivity index (χ4n) is 1.52. The summed E-state index contributed by atoms with van der Waals surface area (Å²) in [5.74, 6) is -0.166. The normalized spacial score (nSPS) is 11.9. The molecular weight excluding hydrogens is 280 g/mol. The summed E-state index contributed by atoms with van der Waals surface area (Å²) in [4.78, 5) is 16.1. The van der Waals surface area contributed by atoms with Gasteiger partial charge in [0.25, 0.3) is 5.91 Å². The van der Waals surface area contributed by atoms with Crippen LogP contribution in [0.4, 0.5) is 5.13 Å². The molecule has 106 valence electrons. The van der Waals surface area contributed by atoms with E-state index in [1.807, 2.05) is 0 Å². The Morgan fingerprint density at radius 1 is 1.50 bits per heavy atom. The van der Waals surface area contributed by atoms with Gasteiger partial charge in [0.1, 0.15) is 11.5 Å². The molecule has 0 spiro atoms. The lowest BCUT2D eigenvalue weighted by Gasteiger charge is -2.06. The maximum Gasteiger partial charge on any atom is 0.261 e. The molecule has 0 radical (unpaired) electrons. The molecule has 7 heteroatoms. The van der Waals surface area contributed by atoms with Crippen LogP contribution in [0.15, 0.2) is 23.6 Å². The molecule has 3 N–H and O–H groups in total. The highest BCUT2D eigenvalue weighted by Crippen LogP contribution is 2.25. The SMILES string of the molecule is COc1ccc(O)c(C(=O)Nc2nc(C(C)O)cs2)c1. The lowest BCUT2D eigenvalue weighted by molar-refractivity contribution is 0.102. The molecule has 0 aliphatic heterocycles. The maximum absolute atomic E-state index is 12.1. The lowest BCUT2D eigenvalue weighted by Crippen LogP contribution is -2.12. The van der Waals surface area contributed by atoms with Gasteiger partial charge in [-0.2, -0.15) is 0 Å². The van der Waals surface area contributed by atoms with Crippen LogP contribution >= 0.6 is 11.3 Å². The number of ether oxygens (including phenoxy) is 1. The van der Waals surface area contributed by atoms with Crippen molar-refractivity contribution in [2.24, 2.45) is 0 Å². The molecule has 1 amide bonds. The zero-order chi connectivity index (χ0) is 14.7. The number of phenolic OH excluding ortho intramolecular Hbond substituents is 1. The van der Waals surface area contributed by atoms with Crippen molar-refractivity contribution in [2.75, 3.05) is 12.4 Å². The third-order valence-electron chi connectivity index (χ3n) is 2.62. The average Bonchev–Trinajstić information content (AvgIpc) is 2.88. The van der Waals surface area contributed by atoms with Gasteiger partial charge in [-0.1, -0.05) is 0 Å². The Labute approximate surface area is 119 Å². The summed E-state index contributed by atoms with van der Waals surface area (Å²) < 4.78 is 5.01. The monoisotopic (exact) mass is 294 g/mol. The first-order valence-electron chi connectivity index (χ1n) is 5.83. The number of carbonyl (C=O) groups is 1. The second-order valence-corrected chi connectivity index (χ2v) is 4.95. The summed E-state index contributed by atoms with van der Waals surface area (Å²) in [6.07, 6.45) is -0.692. The number of carbonyl (C=O) groups excluding carboxylic acids is 1. The molecule has 1 aromatic heterocycles. The number of benzene rings is 1. The molecule has 1 atom stereocenters. The van der Waals surface area contributed by atoms with Crippen molar-refractivity contribution in [3.05, 3.63) is 34.8 Å². The molecular formula is C13H14N2O4S. The number of hydrogen-bond donors (Lipinski definition) is 3. The number of thiazole rings is 1. The van der Waals surface area contributed by atoms with E-state index < -0.39 is 12.0 Å². The summed E-state index contributed by atoms with van der Waals surface area (Å²) in [5.41, 5.74) is 0.582. The van der Waals surface area contributed by atoms with Crippen molar-refractivity contribution >= 4 is 22.4 Å². The van der Waals surface area contributed by atoms with Crippen LogP contribution in [0.1, 0.15) is 29.1 Å². The number of nitrogens with one attached hydrogen (secondary N) is 1. The van der Waals surface area contributed by atoms with Gasteiger partial charge >= 0.3 is 0 Å². The number of rotatable bonds is 4. The van der Waals surface area contributed by atoms with Gasteiger partial charge in [-0.15, -0.1) is 11.3 Å². The Balaban J connectivity index is 2.19. The van der Waals surface area contributed by atoms with E-state index in [1.165, 1.54) is 30.6 Å². The van der Waals surface area contributed by atoms with Crippen LogP contribution in [0.25, 0.3) is 0 Å². The van der Waals surface area contributed by atoms with E-state index >= 15 is 0 Å². The predicted molar refractivity (Wildman–Crippen MR) is 75.4 cm³/mol. The van der Waals surface area contributed by atoms with Crippen molar-refractivity contribution in [3.8, 4) is 11.5 Å². The van der Waals surface area contributed by atoms with Gasteiger partial charge in [0.2, 0.25) is 0 Å². The first-order chi connectivity index (χ1) is 9.51. The lowest BCUT2D eigenvalue weighted by atomic mass is 10.2. The zero-order valence-corrected chi connectivity index (χ0v) is 11.8. The molecule has 1 aromatic carbocycles. The summed E-state index contributed by atoms with van der Waals surface area (Å²) in [6.45, 7) is 1.59. The number of phenols is 1. The van der Waals surface area contributed by atoms with E-state index in [-0.39, 0.29) is 11.3 Å². The van der Waals surface area contributed by atoms with Gasteiger partial charge in [0.15, 0.2) is 5.13 Å². The van der Waals surface area contributed by atoms with Crippen molar-refractivity contribution in [3.63, 3.8) is 0 Å². The molecule has 0 bridgehead atoms. The van der Waals surface area contributed by atoms with E-state index in [2.05, 4.69) is 10.3 Å². The van der Waals surface area contributed by atoms with Crippen LogP contribution in [-0.2, 0) is 0 Å². The summed E-state index contributed by atoms with van der Waals surface area (Å²) >= 11 is 1.20. The second-order valence-electron chi connectivity index (χ2n) is 4.09. The molecule has 0 fully saturated rings. The molecule has 6 nitrogen and oxygen atoms in total. The maximum atomic E-state index is 12.1. The Morgan fingerprint density at radius 2 is 2.25 bits per heavy atom. The number of aliphatic hydroxyl groups excluding tert-OH is 1. The molecule has 0 saturated carbocycles. The number of amides is 1. The third kappa shape index (κ3) is 3.06. The van der Waals surface area contributed by atoms with Gasteiger partial charge < -0.3 is 14.9 Å². The van der Waals surface area contributed by atoms with E-state index in [0.29, 0.717) is 16.6 Å². The summed E-state index contributed by atoms with van der Waals surface area (Å²) in [6, 6.07) is 4.38. The Morgan fingerprint density at radius 3 is 2.85 bits per heavy atom. The van der Waals surface area contributed by atoms with Crippen LogP contribution in [0.5, 0.6) is 11.5 Å². The summed E-state index contributed by atoms with van der Waals surface area (Å²) in [7, 11) is 1.48. The van der Waals surface area contributed by atoms with Gasteiger partial charge in [-0.05, 0) is 25.1 Å². The van der Waals surface area contributed by atoms with Gasteiger partial charge in [0, 0.05) is 5.38 Å². The van der Waals surface area contributed by atoms with E-state index in [9.17, 15) is 15.0 Å². The minimum Gasteiger partial charge on any atom is -0.507 e. The minimum absolute atomic E-state index is 0.0955. The standard InChI is InChI=1S/C13H14N2O4S/c1-7(16)10-6-20-13(14-10)15-12(18)9-5-8(19-2)3-4-11(9)17/h3-7,16-17H,1-2H3,(H,14,15,18). The largest absolute Gasteiger partial charge is 0.507 e. The second kappa shape index (κ2) is 5.89. The fraction of sp³-hybridized carbons (Fsp3) is 0.231. The van der Waals surface area contributed by atoms with Crippen LogP contribution in [0.2, 0.25) is 0 Å². The first-order valence-corrected chi connectivity index (χ1v) is 6.71. The minimum atomic E-state index is -0.692. The van der Waals surface area contributed by atoms with Gasteiger partial charge in [-0.3, -0.25) is 10.1 Å². The topological polar surface area (TPSA) is 91.7 Å². The highest BCUT2D eigenvalue weighted by atomic mass is 32.1. The van der Waals surface area contributed by atoms with Crippen molar-refractivity contribution in [1.29, 1.82) is 0 Å². The number of anilines is 1. The number of methoxy groups -OCH3 is 1. The van der Waals surface area contributed by atoms with Crippen molar-refractivity contribution < 1.29 is 19.7 Å². The highest BCUT2D eigenvalue weighted by molar-refractivity contribution is 7.14. The molecule has 2 aromatic rings. The molecule has 1 unspecified atom stereocenters. The van der Waals surface area contributed by atoms with Crippen molar-refractivity contribution in [2.45, 2.75) is 13.0 Å². The number of hydrogen-bond acceptors (Lipinski definition) is 6. The third-order valence-corrected chi connectivity index (χ3v) is 3.39. The highest BCUT2D eigenvalue weighted by Gasteiger charge is 2.15. The Bertz CT molecular complexity index is 625. The first kappa shape index (κ1) is 14.3. The quantitative estimate of drug-likeness (QED) is 0.803. The Hall–Kier alpha value is -2.12. The molecule has 0 saturated heterocycles. The van der Waals surface area contributed by atoms with E-state index in [0.717, 1.165) is 0 Å². The van der Waals surface area contributed by atoms with Gasteiger partial charge in [0.05, 0.1) is 24.5 Å². The number of aromatic hydroxyl groups is 1. The molecule has 20 heavy (non-hydrogen) atoms. The Kier molecular flexibility index (Phi) is 4.21. The number of aliphatic hydroxyl groups is 1. The molecule has 2 rings (SSSR count). The zero-order valence-electron chi connectivity index (χ0n) is 11.0. The molecule has 0 aliphatic rings. The van der Waals surface area contributed by atoms with Crippen LogP contribution in [0, 0.1) is 0 Å². The number of nitrogens with zero attached hydrogens (tertiary/aromatic N) is 1. The predicted octanol–water partition coefficient (Wildman–Crippen LogP) is 2.16.